The standard InChI is InChI=1S/C19H24N2O5/c1-25-19(22)7-5-14-4-6-16(17(13-14)21(23)24)20-10-8-15(9-11-20)18-3-2-12-26-18/h4-7,13,15,18H,2-3,8-12H2,1H3/b7-5+. The first-order valence-corrected chi connectivity index (χ1v) is 8.99. The molecule has 2 fully saturated rings. The molecule has 0 spiro atoms. The molecular weight excluding hydrogens is 336 g/mol. The molecule has 0 amide bonds. The van der Waals surface area contributed by atoms with E-state index < -0.39 is 5.97 Å². The molecule has 26 heavy (non-hydrogen) atoms. The second-order valence-corrected chi connectivity index (χ2v) is 6.74. The van der Waals surface area contributed by atoms with Crippen LogP contribution in [0.25, 0.3) is 6.08 Å². The third kappa shape index (κ3) is 4.22. The van der Waals surface area contributed by atoms with Gasteiger partial charge >= 0.3 is 5.97 Å². The minimum absolute atomic E-state index is 0.0626. The van der Waals surface area contributed by atoms with Gasteiger partial charge in [-0.05, 0) is 49.3 Å². The van der Waals surface area contributed by atoms with Crippen molar-refractivity contribution in [1.82, 2.24) is 0 Å². The fourth-order valence-corrected chi connectivity index (χ4v) is 3.78. The summed E-state index contributed by atoms with van der Waals surface area (Å²) in [6.07, 6.45) is 7.39. The predicted molar refractivity (Wildman–Crippen MR) is 98.1 cm³/mol. The van der Waals surface area contributed by atoms with Crippen LogP contribution in [-0.2, 0) is 14.3 Å². The molecule has 3 rings (SSSR count). The Hall–Kier alpha value is -2.41. The Bertz CT molecular complexity index is 689. The smallest absolute Gasteiger partial charge is 0.330 e. The van der Waals surface area contributed by atoms with Gasteiger partial charge in [0.25, 0.3) is 5.69 Å². The molecule has 2 saturated heterocycles. The van der Waals surface area contributed by atoms with Gasteiger partial charge in [-0.1, -0.05) is 6.07 Å². The van der Waals surface area contributed by atoms with E-state index in [0.29, 0.717) is 23.3 Å². The van der Waals surface area contributed by atoms with Gasteiger partial charge in [-0.3, -0.25) is 10.1 Å². The topological polar surface area (TPSA) is 81.9 Å². The highest BCUT2D eigenvalue weighted by Crippen LogP contribution is 2.35. The van der Waals surface area contributed by atoms with Gasteiger partial charge in [0.2, 0.25) is 0 Å². The average molecular weight is 360 g/mol. The van der Waals surface area contributed by atoms with Crippen LogP contribution in [0.3, 0.4) is 0 Å². The molecule has 0 saturated carbocycles. The van der Waals surface area contributed by atoms with E-state index in [9.17, 15) is 14.9 Å². The lowest BCUT2D eigenvalue weighted by Crippen LogP contribution is -2.38. The van der Waals surface area contributed by atoms with Crippen molar-refractivity contribution in [3.8, 4) is 0 Å². The Morgan fingerprint density at radius 2 is 2.12 bits per heavy atom. The molecule has 1 unspecified atom stereocenters. The van der Waals surface area contributed by atoms with Gasteiger partial charge in [-0.25, -0.2) is 4.79 Å². The maximum Gasteiger partial charge on any atom is 0.330 e. The molecule has 2 heterocycles. The zero-order valence-electron chi connectivity index (χ0n) is 14.9. The third-order valence-corrected chi connectivity index (χ3v) is 5.18. The van der Waals surface area contributed by atoms with Gasteiger partial charge in [0.1, 0.15) is 5.69 Å². The predicted octanol–water partition coefficient (Wildman–Crippen LogP) is 3.18. The van der Waals surface area contributed by atoms with Gasteiger partial charge in [0.15, 0.2) is 0 Å². The van der Waals surface area contributed by atoms with Gasteiger partial charge in [0.05, 0.1) is 18.1 Å². The number of nitro groups is 1. The number of methoxy groups -OCH3 is 1. The van der Waals surface area contributed by atoms with E-state index in [0.717, 1.165) is 45.4 Å². The first-order valence-electron chi connectivity index (χ1n) is 8.99. The molecule has 1 aromatic carbocycles. The van der Waals surface area contributed by atoms with Crippen LogP contribution in [0.2, 0.25) is 0 Å². The van der Waals surface area contributed by atoms with Crippen molar-refractivity contribution in [3.05, 3.63) is 40.0 Å². The van der Waals surface area contributed by atoms with E-state index in [2.05, 4.69) is 9.64 Å². The largest absolute Gasteiger partial charge is 0.466 e. The number of carbonyl (C=O) groups excluding carboxylic acids is 1. The summed E-state index contributed by atoms with van der Waals surface area (Å²) < 4.78 is 10.3. The maximum absolute atomic E-state index is 11.5. The lowest BCUT2D eigenvalue weighted by molar-refractivity contribution is -0.384. The summed E-state index contributed by atoms with van der Waals surface area (Å²) in [6.45, 7) is 2.45. The summed E-state index contributed by atoms with van der Waals surface area (Å²) in [6, 6.07) is 5.05. The van der Waals surface area contributed by atoms with Crippen molar-refractivity contribution in [2.45, 2.75) is 31.8 Å². The molecule has 2 aliphatic rings. The van der Waals surface area contributed by atoms with Crippen molar-refractivity contribution < 1.29 is 19.2 Å². The van der Waals surface area contributed by atoms with Crippen LogP contribution in [0.15, 0.2) is 24.3 Å². The summed E-state index contributed by atoms with van der Waals surface area (Å²) >= 11 is 0. The zero-order chi connectivity index (χ0) is 18.5. The number of anilines is 1. The number of ether oxygens (including phenoxy) is 2. The highest BCUT2D eigenvalue weighted by Gasteiger charge is 2.31. The molecule has 140 valence electrons. The molecule has 1 aromatic rings. The van der Waals surface area contributed by atoms with E-state index in [1.54, 1.807) is 12.1 Å². The van der Waals surface area contributed by atoms with E-state index in [4.69, 9.17) is 4.74 Å². The Morgan fingerprint density at radius 1 is 1.35 bits per heavy atom. The number of benzene rings is 1. The Labute approximate surface area is 152 Å². The number of esters is 1. The number of hydrogen-bond donors (Lipinski definition) is 0. The van der Waals surface area contributed by atoms with Crippen LogP contribution in [0.1, 0.15) is 31.2 Å². The Kier molecular flexibility index (Phi) is 5.88. The number of hydrogen-bond acceptors (Lipinski definition) is 6. The summed E-state index contributed by atoms with van der Waals surface area (Å²) in [7, 11) is 1.29. The molecule has 0 bridgehead atoms. The van der Waals surface area contributed by atoms with Gasteiger partial charge in [-0.2, -0.15) is 0 Å². The van der Waals surface area contributed by atoms with Crippen LogP contribution >= 0.6 is 0 Å². The average Bonchev–Trinajstić information content (AvgIpc) is 3.20. The minimum Gasteiger partial charge on any atom is -0.466 e. The number of nitrogens with zero attached hydrogens (tertiary/aromatic N) is 2. The van der Waals surface area contributed by atoms with Crippen LogP contribution in [0, 0.1) is 16.0 Å². The lowest BCUT2D eigenvalue weighted by Gasteiger charge is -2.35. The molecule has 0 radical (unpaired) electrons. The quantitative estimate of drug-likeness (QED) is 0.347. The number of rotatable bonds is 5. The minimum atomic E-state index is -0.493. The van der Waals surface area contributed by atoms with Crippen molar-refractivity contribution in [2.75, 3.05) is 31.7 Å². The molecule has 7 heteroatoms. The molecule has 2 aliphatic heterocycles. The van der Waals surface area contributed by atoms with Crippen molar-refractivity contribution in [1.29, 1.82) is 0 Å². The second-order valence-electron chi connectivity index (χ2n) is 6.74. The van der Waals surface area contributed by atoms with Gasteiger partial charge in [-0.15, -0.1) is 0 Å². The van der Waals surface area contributed by atoms with Crippen molar-refractivity contribution in [3.63, 3.8) is 0 Å². The highest BCUT2D eigenvalue weighted by molar-refractivity contribution is 5.87. The fraction of sp³-hybridized carbons (Fsp3) is 0.526. The van der Waals surface area contributed by atoms with E-state index in [-0.39, 0.29) is 10.6 Å². The summed E-state index contributed by atoms with van der Waals surface area (Å²) in [5.74, 6) is 0.0583. The van der Waals surface area contributed by atoms with Gasteiger partial charge in [0, 0.05) is 31.8 Å². The zero-order valence-corrected chi connectivity index (χ0v) is 14.9. The van der Waals surface area contributed by atoms with Crippen LogP contribution in [0.4, 0.5) is 11.4 Å². The summed E-state index contributed by atoms with van der Waals surface area (Å²) in [5, 5.41) is 11.5. The van der Waals surface area contributed by atoms with Crippen molar-refractivity contribution >= 4 is 23.4 Å². The highest BCUT2D eigenvalue weighted by atomic mass is 16.6. The third-order valence-electron chi connectivity index (χ3n) is 5.18. The monoisotopic (exact) mass is 360 g/mol. The molecule has 0 aliphatic carbocycles. The lowest BCUT2D eigenvalue weighted by atomic mass is 9.89. The Morgan fingerprint density at radius 3 is 2.73 bits per heavy atom. The van der Waals surface area contributed by atoms with Crippen molar-refractivity contribution in [2.24, 2.45) is 5.92 Å². The first-order chi connectivity index (χ1) is 12.6. The maximum atomic E-state index is 11.5. The molecule has 1 atom stereocenters. The van der Waals surface area contributed by atoms with Gasteiger partial charge < -0.3 is 14.4 Å². The number of piperidine rings is 1. The second kappa shape index (κ2) is 8.31. The SMILES string of the molecule is COC(=O)/C=C/c1ccc(N2CCC(C3CCCO3)CC2)c([N+](=O)[O-])c1. The normalized spacial score (nSPS) is 21.3. The molecular formula is C19H24N2O5. The van der Waals surface area contributed by atoms with Crippen LogP contribution in [-0.4, -0.2) is 43.8 Å². The molecule has 0 aromatic heterocycles. The first kappa shape index (κ1) is 18.4. The summed E-state index contributed by atoms with van der Waals surface area (Å²) in [5.41, 5.74) is 1.30. The summed E-state index contributed by atoms with van der Waals surface area (Å²) in [4.78, 5) is 24.4. The van der Waals surface area contributed by atoms with Crippen LogP contribution in [0.5, 0.6) is 0 Å². The van der Waals surface area contributed by atoms with Crippen LogP contribution < -0.4 is 4.90 Å². The van der Waals surface area contributed by atoms with E-state index >= 15 is 0 Å². The molecule has 0 N–H and O–H groups in total. The number of carbonyl (C=O) groups is 1. The Balaban J connectivity index is 1.72. The number of nitro benzene ring substituents is 1. The fourth-order valence-electron chi connectivity index (χ4n) is 3.78. The van der Waals surface area contributed by atoms with E-state index in [1.807, 2.05) is 0 Å². The van der Waals surface area contributed by atoms with E-state index in [1.165, 1.54) is 25.3 Å². The molecule has 7 nitrogen and oxygen atoms in total.